The second kappa shape index (κ2) is 11.2. The number of nitrogens with zero attached hydrogens (tertiary/aromatic N) is 2. The Hall–Kier alpha value is -3.75. The van der Waals surface area contributed by atoms with E-state index in [0.29, 0.717) is 17.7 Å². The number of nitro groups is 1. The number of aryl methyl sites for hydroxylation is 2. The van der Waals surface area contributed by atoms with Crippen LogP contribution in [-0.4, -0.2) is 46.8 Å². The van der Waals surface area contributed by atoms with E-state index in [2.05, 4.69) is 5.32 Å². The molecular formula is C24H29N3O6. The van der Waals surface area contributed by atoms with Crippen molar-refractivity contribution in [3.05, 3.63) is 68.8 Å². The van der Waals surface area contributed by atoms with E-state index >= 15 is 0 Å². The van der Waals surface area contributed by atoms with Crippen LogP contribution in [0.4, 0.5) is 11.4 Å². The largest absolute Gasteiger partial charge is 0.452 e. The minimum atomic E-state index is -0.773. The first-order chi connectivity index (χ1) is 15.5. The quantitative estimate of drug-likeness (QED) is 0.347. The molecule has 33 heavy (non-hydrogen) atoms. The van der Waals surface area contributed by atoms with Crippen LogP contribution in [0.2, 0.25) is 0 Å². The van der Waals surface area contributed by atoms with Gasteiger partial charge in [0.2, 0.25) is 5.91 Å². The summed E-state index contributed by atoms with van der Waals surface area (Å²) in [6.07, 6.45) is 0.609. The van der Waals surface area contributed by atoms with Gasteiger partial charge in [-0.2, -0.15) is 0 Å². The van der Waals surface area contributed by atoms with E-state index in [9.17, 15) is 24.5 Å². The fourth-order valence-corrected chi connectivity index (χ4v) is 3.22. The number of rotatable bonds is 9. The van der Waals surface area contributed by atoms with Crippen LogP contribution < -0.4 is 5.32 Å². The fourth-order valence-electron chi connectivity index (χ4n) is 3.22. The Balaban J connectivity index is 2.04. The average molecular weight is 456 g/mol. The number of amides is 2. The summed E-state index contributed by atoms with van der Waals surface area (Å²) in [5.74, 6) is -1.63. The molecule has 2 aromatic rings. The molecule has 2 aromatic carbocycles. The van der Waals surface area contributed by atoms with E-state index in [4.69, 9.17) is 4.74 Å². The van der Waals surface area contributed by atoms with Crippen molar-refractivity contribution >= 4 is 29.2 Å². The van der Waals surface area contributed by atoms with Crippen LogP contribution in [0.5, 0.6) is 0 Å². The number of esters is 1. The number of nitrogens with one attached hydrogen (secondary N) is 1. The van der Waals surface area contributed by atoms with Gasteiger partial charge in [0.05, 0.1) is 10.5 Å². The van der Waals surface area contributed by atoms with Gasteiger partial charge in [-0.3, -0.25) is 19.7 Å². The molecule has 0 aromatic heterocycles. The van der Waals surface area contributed by atoms with Gasteiger partial charge in [0.25, 0.3) is 11.6 Å². The highest BCUT2D eigenvalue weighted by molar-refractivity contribution is 5.96. The van der Waals surface area contributed by atoms with Crippen LogP contribution in [0.25, 0.3) is 0 Å². The van der Waals surface area contributed by atoms with E-state index in [0.717, 1.165) is 11.1 Å². The van der Waals surface area contributed by atoms with E-state index in [-0.39, 0.29) is 29.7 Å². The Morgan fingerprint density at radius 1 is 1.12 bits per heavy atom. The summed E-state index contributed by atoms with van der Waals surface area (Å²) in [6, 6.07) is 9.18. The van der Waals surface area contributed by atoms with Gasteiger partial charge in [0.15, 0.2) is 6.61 Å². The van der Waals surface area contributed by atoms with E-state index in [1.165, 1.54) is 30.0 Å². The highest BCUT2D eigenvalue weighted by Gasteiger charge is 2.24. The van der Waals surface area contributed by atoms with Crippen molar-refractivity contribution in [2.45, 2.75) is 47.1 Å². The predicted molar refractivity (Wildman–Crippen MR) is 124 cm³/mol. The molecule has 0 bridgehead atoms. The monoisotopic (exact) mass is 455 g/mol. The molecule has 0 aliphatic rings. The number of carbonyl (C=O) groups excluding carboxylic acids is 3. The highest BCUT2D eigenvalue weighted by atomic mass is 16.6. The van der Waals surface area contributed by atoms with E-state index < -0.39 is 23.4 Å². The third-order valence-electron chi connectivity index (χ3n) is 5.59. The van der Waals surface area contributed by atoms with E-state index in [1.807, 2.05) is 39.8 Å². The van der Waals surface area contributed by atoms with Crippen LogP contribution in [-0.2, 0) is 14.3 Å². The van der Waals surface area contributed by atoms with Crippen molar-refractivity contribution in [1.82, 2.24) is 4.90 Å². The first kappa shape index (κ1) is 25.5. The lowest BCUT2D eigenvalue weighted by Crippen LogP contribution is -2.45. The molecule has 9 heteroatoms. The number of ether oxygens (including phenoxy) is 1. The summed E-state index contributed by atoms with van der Waals surface area (Å²) in [5.41, 5.74) is 2.96. The minimum Gasteiger partial charge on any atom is -0.452 e. The lowest BCUT2D eigenvalue weighted by Gasteiger charge is -2.28. The number of hydrogen-bond donors (Lipinski definition) is 1. The minimum absolute atomic E-state index is 0.105. The summed E-state index contributed by atoms with van der Waals surface area (Å²) >= 11 is 0. The molecule has 1 N–H and O–H groups in total. The highest BCUT2D eigenvalue weighted by Crippen LogP contribution is 2.20. The van der Waals surface area contributed by atoms with Gasteiger partial charge in [0.1, 0.15) is 6.54 Å². The topological polar surface area (TPSA) is 119 Å². The van der Waals surface area contributed by atoms with E-state index in [1.54, 1.807) is 6.07 Å². The van der Waals surface area contributed by atoms with Gasteiger partial charge in [-0.15, -0.1) is 0 Å². The third kappa shape index (κ3) is 6.61. The van der Waals surface area contributed by atoms with Crippen molar-refractivity contribution in [3.8, 4) is 0 Å². The average Bonchev–Trinajstić information content (AvgIpc) is 2.77. The SMILES string of the molecule is CCC(C)N(CC(=O)Nc1cccc(C)c1C)C(=O)COC(=O)c1ccc([N+](=O)[O-])c(C)c1. The number of hydrogen-bond acceptors (Lipinski definition) is 6. The molecule has 9 nitrogen and oxygen atoms in total. The molecule has 0 spiro atoms. The van der Waals surface area contributed by atoms with Gasteiger partial charge in [0, 0.05) is 23.4 Å². The van der Waals surface area contributed by atoms with Crippen molar-refractivity contribution in [2.75, 3.05) is 18.5 Å². The molecule has 0 saturated heterocycles. The molecule has 176 valence electrons. The van der Waals surface area contributed by atoms with Crippen LogP contribution in [0.3, 0.4) is 0 Å². The Morgan fingerprint density at radius 2 is 1.82 bits per heavy atom. The maximum Gasteiger partial charge on any atom is 0.338 e. The van der Waals surface area contributed by atoms with Crippen LogP contribution in [0.1, 0.15) is 47.3 Å². The molecule has 0 fully saturated rings. The lowest BCUT2D eigenvalue weighted by atomic mass is 10.1. The second-order valence-corrected chi connectivity index (χ2v) is 7.91. The molecular weight excluding hydrogens is 426 g/mol. The Morgan fingerprint density at radius 3 is 2.42 bits per heavy atom. The van der Waals surface area contributed by atoms with Crippen molar-refractivity contribution < 1.29 is 24.0 Å². The molecule has 0 heterocycles. The second-order valence-electron chi connectivity index (χ2n) is 7.91. The molecule has 0 aliphatic carbocycles. The maximum absolute atomic E-state index is 12.8. The van der Waals surface area contributed by atoms with Gasteiger partial charge in [-0.05, 0) is 63.4 Å². The Kier molecular flexibility index (Phi) is 8.67. The zero-order valence-electron chi connectivity index (χ0n) is 19.5. The number of nitro benzene ring substituents is 1. The zero-order chi connectivity index (χ0) is 24.7. The van der Waals surface area contributed by atoms with Crippen LogP contribution >= 0.6 is 0 Å². The molecule has 0 saturated carbocycles. The number of benzene rings is 2. The van der Waals surface area contributed by atoms with Crippen LogP contribution in [0.15, 0.2) is 36.4 Å². The summed E-state index contributed by atoms with van der Waals surface area (Å²) in [4.78, 5) is 49.5. The van der Waals surface area contributed by atoms with Crippen molar-refractivity contribution in [2.24, 2.45) is 0 Å². The first-order valence-electron chi connectivity index (χ1n) is 10.6. The molecule has 1 atom stereocenters. The number of anilines is 1. The van der Waals surface area contributed by atoms with Crippen LogP contribution in [0, 0.1) is 30.9 Å². The fraction of sp³-hybridized carbons (Fsp3) is 0.375. The smallest absolute Gasteiger partial charge is 0.338 e. The third-order valence-corrected chi connectivity index (χ3v) is 5.59. The van der Waals surface area contributed by atoms with Crippen molar-refractivity contribution in [1.29, 1.82) is 0 Å². The predicted octanol–water partition coefficient (Wildman–Crippen LogP) is 3.94. The van der Waals surface area contributed by atoms with Gasteiger partial charge >= 0.3 is 5.97 Å². The molecule has 0 radical (unpaired) electrons. The zero-order valence-corrected chi connectivity index (χ0v) is 19.5. The van der Waals surface area contributed by atoms with Crippen molar-refractivity contribution in [3.63, 3.8) is 0 Å². The standard InChI is InChI=1S/C24H29N3O6/c1-6-17(4)26(13-22(28)25-20-9-7-8-15(2)18(20)5)23(29)14-33-24(30)19-10-11-21(27(31)32)16(3)12-19/h7-12,17H,6,13-14H2,1-5H3,(H,25,28). The van der Waals surface area contributed by atoms with Gasteiger partial charge < -0.3 is 15.0 Å². The Labute approximate surface area is 192 Å². The molecule has 2 rings (SSSR count). The summed E-state index contributed by atoms with van der Waals surface area (Å²) < 4.78 is 5.12. The first-order valence-corrected chi connectivity index (χ1v) is 10.6. The summed E-state index contributed by atoms with van der Waals surface area (Å²) in [6.45, 7) is 8.33. The molecule has 1 unspecified atom stereocenters. The molecule has 0 aliphatic heterocycles. The molecule has 2 amide bonds. The normalized spacial score (nSPS) is 11.4. The van der Waals surface area contributed by atoms with Gasteiger partial charge in [-0.1, -0.05) is 19.1 Å². The lowest BCUT2D eigenvalue weighted by molar-refractivity contribution is -0.385. The number of carbonyl (C=O) groups is 3. The summed E-state index contributed by atoms with van der Waals surface area (Å²) in [5, 5.41) is 13.8. The summed E-state index contributed by atoms with van der Waals surface area (Å²) in [7, 11) is 0. The Bertz CT molecular complexity index is 1070. The van der Waals surface area contributed by atoms with Gasteiger partial charge in [-0.25, -0.2) is 4.79 Å². The maximum atomic E-state index is 12.8.